The fraction of sp³-hybridized carbons (Fsp3) is 0.158. The largest absolute Gasteiger partial charge is 0.360 e. The summed E-state index contributed by atoms with van der Waals surface area (Å²) >= 11 is 4.79. The lowest BCUT2D eigenvalue weighted by Gasteiger charge is -2.17. The molecule has 144 valence electrons. The molecule has 3 aromatic rings. The van der Waals surface area contributed by atoms with Crippen molar-refractivity contribution in [1.29, 1.82) is 0 Å². The van der Waals surface area contributed by atoms with Crippen LogP contribution in [-0.2, 0) is 4.79 Å². The molecular formula is C19H17BrN4O3S. The highest BCUT2D eigenvalue weighted by Crippen LogP contribution is 2.30. The molecule has 9 heteroatoms. The molecule has 0 aliphatic heterocycles. The number of aromatic nitrogens is 2. The third-order valence-electron chi connectivity index (χ3n) is 3.65. The molecule has 2 aromatic heterocycles. The van der Waals surface area contributed by atoms with Crippen LogP contribution in [0.2, 0.25) is 0 Å². The maximum Gasteiger partial charge on any atom is 0.256 e. The van der Waals surface area contributed by atoms with Gasteiger partial charge in [-0.1, -0.05) is 32.8 Å². The van der Waals surface area contributed by atoms with Gasteiger partial charge in [0.05, 0.1) is 12.1 Å². The lowest BCUT2D eigenvalue weighted by Crippen LogP contribution is -2.35. The van der Waals surface area contributed by atoms with Crippen LogP contribution in [0.5, 0.6) is 0 Å². The van der Waals surface area contributed by atoms with Crippen molar-refractivity contribution in [3.8, 4) is 0 Å². The number of benzene rings is 1. The van der Waals surface area contributed by atoms with Crippen molar-refractivity contribution < 1.29 is 14.1 Å². The first-order valence-electron chi connectivity index (χ1n) is 8.29. The van der Waals surface area contributed by atoms with Gasteiger partial charge in [0.1, 0.15) is 10.8 Å². The number of rotatable bonds is 6. The molecule has 1 aromatic carbocycles. The summed E-state index contributed by atoms with van der Waals surface area (Å²) in [5.74, 6) is 0.246. The number of carbonyl (C=O) groups excluding carboxylic acids is 2. The third-order valence-corrected chi connectivity index (χ3v) is 5.21. The van der Waals surface area contributed by atoms with Crippen molar-refractivity contribution in [1.82, 2.24) is 15.0 Å². The van der Waals surface area contributed by atoms with Crippen molar-refractivity contribution in [3.05, 3.63) is 64.5 Å². The third kappa shape index (κ3) is 5.20. The predicted molar refractivity (Wildman–Crippen MR) is 109 cm³/mol. The number of amides is 2. The van der Waals surface area contributed by atoms with E-state index in [-0.39, 0.29) is 18.4 Å². The Morgan fingerprint density at radius 1 is 1.25 bits per heavy atom. The van der Waals surface area contributed by atoms with E-state index in [4.69, 9.17) is 4.52 Å². The van der Waals surface area contributed by atoms with E-state index in [1.165, 1.54) is 16.7 Å². The van der Waals surface area contributed by atoms with Crippen LogP contribution in [0.3, 0.4) is 0 Å². The maximum absolute atomic E-state index is 12.9. The molecule has 1 N–H and O–H groups in total. The highest BCUT2D eigenvalue weighted by molar-refractivity contribution is 9.10. The molecule has 0 saturated heterocycles. The second-order valence-corrected chi connectivity index (χ2v) is 7.92. The predicted octanol–water partition coefficient (Wildman–Crippen LogP) is 4.00. The molecular weight excluding hydrogens is 444 g/mol. The first-order valence-corrected chi connectivity index (χ1v) is 9.90. The zero-order valence-corrected chi connectivity index (χ0v) is 17.6. The zero-order valence-electron chi connectivity index (χ0n) is 15.2. The molecule has 3 rings (SSSR count). The Balaban J connectivity index is 1.69. The van der Waals surface area contributed by atoms with Crippen LogP contribution in [-0.4, -0.2) is 40.4 Å². The van der Waals surface area contributed by atoms with E-state index in [9.17, 15) is 9.59 Å². The molecule has 0 unspecified atom stereocenters. The van der Waals surface area contributed by atoms with E-state index in [0.717, 1.165) is 9.37 Å². The second-order valence-electron chi connectivity index (χ2n) is 5.94. The number of aryl methyl sites for hydroxylation is 1. The normalized spacial score (nSPS) is 10.5. The fourth-order valence-electron chi connectivity index (χ4n) is 2.35. The molecule has 28 heavy (non-hydrogen) atoms. The van der Waals surface area contributed by atoms with Crippen LogP contribution in [0.1, 0.15) is 16.1 Å². The molecule has 0 aliphatic carbocycles. The lowest BCUT2D eigenvalue weighted by molar-refractivity contribution is -0.116. The molecule has 2 amide bonds. The summed E-state index contributed by atoms with van der Waals surface area (Å²) in [6.45, 7) is 1.60. The first-order chi connectivity index (χ1) is 13.4. The molecule has 0 saturated carbocycles. The van der Waals surface area contributed by atoms with Crippen molar-refractivity contribution in [2.45, 2.75) is 16.8 Å². The van der Waals surface area contributed by atoms with Crippen molar-refractivity contribution >= 4 is 45.3 Å². The van der Waals surface area contributed by atoms with Gasteiger partial charge in [0.2, 0.25) is 5.91 Å². The van der Waals surface area contributed by atoms with Gasteiger partial charge in [-0.15, -0.1) is 0 Å². The van der Waals surface area contributed by atoms with Gasteiger partial charge < -0.3 is 14.7 Å². The van der Waals surface area contributed by atoms with Gasteiger partial charge in [-0.05, 0) is 43.3 Å². The smallest absolute Gasteiger partial charge is 0.256 e. The summed E-state index contributed by atoms with van der Waals surface area (Å²) in [4.78, 5) is 31.6. The van der Waals surface area contributed by atoms with Crippen molar-refractivity contribution in [3.63, 3.8) is 0 Å². The van der Waals surface area contributed by atoms with Crippen LogP contribution < -0.4 is 5.32 Å². The van der Waals surface area contributed by atoms with Gasteiger partial charge in [-0.25, -0.2) is 4.98 Å². The Labute approximate surface area is 174 Å². The molecule has 0 bridgehead atoms. The van der Waals surface area contributed by atoms with Crippen molar-refractivity contribution in [2.75, 3.05) is 18.9 Å². The minimum Gasteiger partial charge on any atom is -0.360 e. The van der Waals surface area contributed by atoms with Gasteiger partial charge in [0, 0.05) is 28.7 Å². The Morgan fingerprint density at radius 3 is 2.68 bits per heavy atom. The molecule has 2 heterocycles. The number of halogens is 1. The van der Waals surface area contributed by atoms with Crippen LogP contribution >= 0.6 is 27.7 Å². The average Bonchev–Trinajstić information content (AvgIpc) is 3.08. The Bertz CT molecular complexity index is 991. The number of hydrogen-bond acceptors (Lipinski definition) is 6. The monoisotopic (exact) mass is 460 g/mol. The molecule has 0 spiro atoms. The maximum atomic E-state index is 12.9. The fourth-order valence-corrected chi connectivity index (χ4v) is 3.49. The lowest BCUT2D eigenvalue weighted by atomic mass is 10.2. The Hall–Kier alpha value is -2.65. The summed E-state index contributed by atoms with van der Waals surface area (Å²) in [5, 5.41) is 6.88. The first kappa shape index (κ1) is 20.1. The SMILES string of the molecule is Cc1cc(NC(=O)CN(C)C(=O)c2cccnc2Sc2ccc(Br)cc2)no1. The van der Waals surface area contributed by atoms with Crippen LogP contribution in [0, 0.1) is 6.92 Å². The second kappa shape index (κ2) is 9.03. The number of carbonyl (C=O) groups is 2. The standard InChI is InChI=1S/C19H17BrN4O3S/c1-12-10-16(23-27-12)22-17(25)11-24(2)19(26)15-4-3-9-21-18(15)28-14-7-5-13(20)6-8-14/h3-10H,11H2,1-2H3,(H,22,23,25). The Kier molecular flexibility index (Phi) is 6.48. The molecule has 0 fully saturated rings. The summed E-state index contributed by atoms with van der Waals surface area (Å²) in [5.41, 5.74) is 0.433. The number of nitrogens with one attached hydrogen (secondary N) is 1. The molecule has 0 aliphatic rings. The Morgan fingerprint density at radius 2 is 2.00 bits per heavy atom. The topological polar surface area (TPSA) is 88.3 Å². The van der Waals surface area contributed by atoms with E-state index >= 15 is 0 Å². The van der Waals surface area contributed by atoms with E-state index < -0.39 is 0 Å². The number of anilines is 1. The van der Waals surface area contributed by atoms with E-state index in [1.54, 1.807) is 38.4 Å². The highest BCUT2D eigenvalue weighted by Gasteiger charge is 2.20. The zero-order chi connectivity index (χ0) is 20.1. The van der Waals surface area contributed by atoms with Crippen LogP contribution in [0.4, 0.5) is 5.82 Å². The number of nitrogens with zero attached hydrogens (tertiary/aromatic N) is 3. The van der Waals surface area contributed by atoms with E-state index in [1.807, 2.05) is 24.3 Å². The minimum atomic E-state index is -0.366. The summed E-state index contributed by atoms with van der Waals surface area (Å²) in [6, 6.07) is 12.7. The van der Waals surface area contributed by atoms with E-state index in [2.05, 4.69) is 31.4 Å². The quantitative estimate of drug-likeness (QED) is 0.597. The number of likely N-dealkylation sites (N-methyl/N-ethyl adjacent to an activating group) is 1. The summed E-state index contributed by atoms with van der Waals surface area (Å²) in [6.07, 6.45) is 1.64. The average molecular weight is 461 g/mol. The van der Waals surface area contributed by atoms with Gasteiger partial charge >= 0.3 is 0 Å². The highest BCUT2D eigenvalue weighted by atomic mass is 79.9. The van der Waals surface area contributed by atoms with E-state index in [0.29, 0.717) is 22.2 Å². The minimum absolute atomic E-state index is 0.123. The van der Waals surface area contributed by atoms with Gasteiger partial charge in [-0.3, -0.25) is 9.59 Å². The van der Waals surface area contributed by atoms with Crippen LogP contribution in [0.25, 0.3) is 0 Å². The number of hydrogen-bond donors (Lipinski definition) is 1. The van der Waals surface area contributed by atoms with Gasteiger partial charge in [0.25, 0.3) is 5.91 Å². The van der Waals surface area contributed by atoms with Gasteiger partial charge in [0.15, 0.2) is 5.82 Å². The number of pyridine rings is 1. The van der Waals surface area contributed by atoms with Gasteiger partial charge in [-0.2, -0.15) is 0 Å². The molecule has 0 radical (unpaired) electrons. The summed E-state index contributed by atoms with van der Waals surface area (Å²) < 4.78 is 5.88. The molecule has 0 atom stereocenters. The summed E-state index contributed by atoms with van der Waals surface area (Å²) in [7, 11) is 1.57. The van der Waals surface area contributed by atoms with Crippen LogP contribution in [0.15, 0.2) is 67.6 Å². The van der Waals surface area contributed by atoms with Crippen molar-refractivity contribution in [2.24, 2.45) is 0 Å². The molecule has 7 nitrogen and oxygen atoms in total.